The van der Waals surface area contributed by atoms with Crippen LogP contribution in [-0.4, -0.2) is 39.8 Å². The molecule has 1 aromatic rings. The first-order chi connectivity index (χ1) is 7.18. The number of piperidine rings is 1. The third-order valence-corrected chi connectivity index (χ3v) is 3.17. The highest BCUT2D eigenvalue weighted by Crippen LogP contribution is 2.26. The molecule has 1 aromatic heterocycles. The summed E-state index contributed by atoms with van der Waals surface area (Å²) in [6.45, 7) is 6.67. The minimum atomic E-state index is 0.419. The van der Waals surface area contributed by atoms with E-state index < -0.39 is 0 Å². The molecule has 1 aliphatic rings. The fourth-order valence-corrected chi connectivity index (χ4v) is 2.22. The van der Waals surface area contributed by atoms with Crippen molar-refractivity contribution >= 4 is 0 Å². The van der Waals surface area contributed by atoms with E-state index in [-0.39, 0.29) is 0 Å². The van der Waals surface area contributed by atoms with Crippen LogP contribution in [0, 0.1) is 0 Å². The summed E-state index contributed by atoms with van der Waals surface area (Å²) in [6.07, 6.45) is 4.11. The van der Waals surface area contributed by atoms with E-state index in [1.165, 1.54) is 31.8 Å². The highest BCUT2D eigenvalue weighted by atomic mass is 15.3. The smallest absolute Gasteiger partial charge is 0.138 e. The van der Waals surface area contributed by atoms with Gasteiger partial charge in [-0.05, 0) is 46.8 Å². The zero-order valence-electron chi connectivity index (χ0n) is 9.85. The van der Waals surface area contributed by atoms with Gasteiger partial charge < -0.3 is 4.90 Å². The summed E-state index contributed by atoms with van der Waals surface area (Å²) >= 11 is 0. The molecular weight excluding hydrogens is 188 g/mol. The zero-order chi connectivity index (χ0) is 10.8. The number of rotatable bonds is 2. The Labute approximate surface area is 91.3 Å². The second kappa shape index (κ2) is 4.31. The predicted octanol–water partition coefficient (Wildman–Crippen LogP) is 1.67. The van der Waals surface area contributed by atoms with Crippen LogP contribution < -0.4 is 0 Å². The van der Waals surface area contributed by atoms with Crippen LogP contribution in [0.4, 0.5) is 0 Å². The predicted molar refractivity (Wildman–Crippen MR) is 59.9 cm³/mol. The lowest BCUT2D eigenvalue weighted by atomic mass is 9.96. The SMILES string of the molecule is CC(C)n1ncnc1C1CCN(C)CC1. The lowest BCUT2D eigenvalue weighted by Crippen LogP contribution is -2.30. The van der Waals surface area contributed by atoms with Gasteiger partial charge >= 0.3 is 0 Å². The molecular formula is C11H20N4. The molecule has 4 nitrogen and oxygen atoms in total. The third-order valence-electron chi connectivity index (χ3n) is 3.17. The average Bonchev–Trinajstić information content (AvgIpc) is 2.67. The van der Waals surface area contributed by atoms with Gasteiger partial charge in [0, 0.05) is 12.0 Å². The maximum Gasteiger partial charge on any atom is 0.138 e. The molecule has 0 bridgehead atoms. The highest BCUT2D eigenvalue weighted by Gasteiger charge is 2.23. The first-order valence-corrected chi connectivity index (χ1v) is 5.76. The van der Waals surface area contributed by atoms with Gasteiger partial charge in [-0.2, -0.15) is 5.10 Å². The van der Waals surface area contributed by atoms with Crippen molar-refractivity contribution in [1.82, 2.24) is 19.7 Å². The topological polar surface area (TPSA) is 34.0 Å². The average molecular weight is 208 g/mol. The second-order valence-corrected chi connectivity index (χ2v) is 4.73. The maximum atomic E-state index is 4.42. The Kier molecular flexibility index (Phi) is 3.05. The molecule has 0 spiro atoms. The molecule has 1 saturated heterocycles. The van der Waals surface area contributed by atoms with Crippen molar-refractivity contribution in [1.29, 1.82) is 0 Å². The molecule has 1 fully saturated rings. The highest BCUT2D eigenvalue weighted by molar-refractivity contribution is 4.99. The Hall–Kier alpha value is -0.900. The maximum absolute atomic E-state index is 4.42. The molecule has 2 heterocycles. The number of likely N-dealkylation sites (tertiary alicyclic amines) is 1. The van der Waals surface area contributed by atoms with E-state index in [2.05, 4.69) is 40.6 Å². The van der Waals surface area contributed by atoms with Crippen molar-refractivity contribution in [3.63, 3.8) is 0 Å². The summed E-state index contributed by atoms with van der Waals surface area (Å²) in [5, 5.41) is 4.30. The van der Waals surface area contributed by atoms with Gasteiger partial charge in [-0.15, -0.1) is 0 Å². The molecule has 4 heteroatoms. The summed E-state index contributed by atoms with van der Waals surface area (Å²) < 4.78 is 2.07. The minimum Gasteiger partial charge on any atom is -0.306 e. The van der Waals surface area contributed by atoms with Crippen LogP contribution in [-0.2, 0) is 0 Å². The standard InChI is InChI=1S/C11H20N4/c1-9(2)15-11(12-8-13-15)10-4-6-14(3)7-5-10/h8-10H,4-7H2,1-3H3. The van der Waals surface area contributed by atoms with E-state index >= 15 is 0 Å². The first kappa shape index (κ1) is 10.6. The van der Waals surface area contributed by atoms with Crippen molar-refractivity contribution in [3.05, 3.63) is 12.2 Å². The van der Waals surface area contributed by atoms with E-state index in [0.29, 0.717) is 12.0 Å². The van der Waals surface area contributed by atoms with Crippen molar-refractivity contribution in [2.75, 3.05) is 20.1 Å². The molecule has 0 unspecified atom stereocenters. The van der Waals surface area contributed by atoms with E-state index in [1.54, 1.807) is 6.33 Å². The van der Waals surface area contributed by atoms with Gasteiger partial charge in [-0.25, -0.2) is 9.67 Å². The number of hydrogen-bond donors (Lipinski definition) is 0. The van der Waals surface area contributed by atoms with Gasteiger partial charge in [0.15, 0.2) is 0 Å². The van der Waals surface area contributed by atoms with Gasteiger partial charge in [0.2, 0.25) is 0 Å². The third kappa shape index (κ3) is 2.20. The van der Waals surface area contributed by atoms with Gasteiger partial charge in [-0.3, -0.25) is 0 Å². The summed E-state index contributed by atoms with van der Waals surface area (Å²) in [5.74, 6) is 1.78. The monoisotopic (exact) mass is 208 g/mol. The van der Waals surface area contributed by atoms with Crippen LogP contribution >= 0.6 is 0 Å². The minimum absolute atomic E-state index is 0.419. The molecule has 84 valence electrons. The molecule has 0 aliphatic carbocycles. The lowest BCUT2D eigenvalue weighted by molar-refractivity contribution is 0.246. The summed E-state index contributed by atoms with van der Waals surface area (Å²) in [5.41, 5.74) is 0. The Morgan fingerprint density at radius 3 is 2.60 bits per heavy atom. The number of aromatic nitrogens is 3. The Bertz CT molecular complexity index is 310. The fourth-order valence-electron chi connectivity index (χ4n) is 2.22. The summed E-state index contributed by atoms with van der Waals surface area (Å²) in [4.78, 5) is 6.80. The molecule has 0 amide bonds. The molecule has 0 N–H and O–H groups in total. The van der Waals surface area contributed by atoms with Gasteiger partial charge in [-0.1, -0.05) is 0 Å². The molecule has 1 aliphatic heterocycles. The normalized spacial score (nSPS) is 20.0. The Morgan fingerprint density at radius 1 is 1.33 bits per heavy atom. The number of hydrogen-bond acceptors (Lipinski definition) is 3. The van der Waals surface area contributed by atoms with Crippen molar-refractivity contribution in [3.8, 4) is 0 Å². The fraction of sp³-hybridized carbons (Fsp3) is 0.818. The van der Waals surface area contributed by atoms with Crippen LogP contribution in [0.25, 0.3) is 0 Å². The van der Waals surface area contributed by atoms with Gasteiger partial charge in [0.05, 0.1) is 0 Å². The van der Waals surface area contributed by atoms with Crippen molar-refractivity contribution in [2.24, 2.45) is 0 Å². The molecule has 2 rings (SSSR count). The molecule has 0 atom stereocenters. The van der Waals surface area contributed by atoms with Crippen LogP contribution in [0.2, 0.25) is 0 Å². The van der Waals surface area contributed by atoms with Gasteiger partial charge in [0.1, 0.15) is 12.2 Å². The van der Waals surface area contributed by atoms with Crippen LogP contribution in [0.1, 0.15) is 44.5 Å². The molecule has 0 saturated carbocycles. The van der Waals surface area contributed by atoms with E-state index in [0.717, 1.165) is 0 Å². The number of nitrogens with zero attached hydrogens (tertiary/aromatic N) is 4. The van der Waals surface area contributed by atoms with Gasteiger partial charge in [0.25, 0.3) is 0 Å². The first-order valence-electron chi connectivity index (χ1n) is 5.76. The quantitative estimate of drug-likeness (QED) is 0.741. The molecule has 0 aromatic carbocycles. The lowest BCUT2D eigenvalue weighted by Gasteiger charge is -2.28. The van der Waals surface area contributed by atoms with Crippen LogP contribution in [0.15, 0.2) is 6.33 Å². The summed E-state index contributed by atoms with van der Waals surface area (Å²) in [7, 11) is 2.18. The Balaban J connectivity index is 2.12. The molecule has 0 radical (unpaired) electrons. The van der Waals surface area contributed by atoms with Crippen molar-refractivity contribution < 1.29 is 0 Å². The largest absolute Gasteiger partial charge is 0.306 e. The van der Waals surface area contributed by atoms with Crippen LogP contribution in [0.3, 0.4) is 0 Å². The van der Waals surface area contributed by atoms with Crippen molar-refractivity contribution in [2.45, 2.75) is 38.6 Å². The summed E-state index contributed by atoms with van der Waals surface area (Å²) in [6, 6.07) is 0.419. The van der Waals surface area contributed by atoms with E-state index in [1.807, 2.05) is 0 Å². The van der Waals surface area contributed by atoms with E-state index in [4.69, 9.17) is 0 Å². The zero-order valence-corrected chi connectivity index (χ0v) is 9.85. The second-order valence-electron chi connectivity index (χ2n) is 4.73. The van der Waals surface area contributed by atoms with Crippen LogP contribution in [0.5, 0.6) is 0 Å². The Morgan fingerprint density at radius 2 is 2.00 bits per heavy atom. The van der Waals surface area contributed by atoms with E-state index in [9.17, 15) is 0 Å². The molecule has 15 heavy (non-hydrogen) atoms.